The minimum atomic E-state index is -0.759. The summed E-state index contributed by atoms with van der Waals surface area (Å²) in [7, 11) is 0. The SMILES string of the molecule is O=C(O)CC1CCCCN1CC(=O)N1CCCCCCC1. The first-order valence-corrected chi connectivity index (χ1v) is 8.40. The molecule has 2 aliphatic heterocycles. The molecule has 0 aliphatic carbocycles. The van der Waals surface area contributed by atoms with Crippen molar-refractivity contribution in [1.82, 2.24) is 9.80 Å². The van der Waals surface area contributed by atoms with E-state index in [4.69, 9.17) is 5.11 Å². The Balaban J connectivity index is 1.87. The molecule has 21 heavy (non-hydrogen) atoms. The van der Waals surface area contributed by atoms with Crippen molar-refractivity contribution in [3.63, 3.8) is 0 Å². The summed E-state index contributed by atoms with van der Waals surface area (Å²) in [6, 6.07) is 0.0370. The van der Waals surface area contributed by atoms with Crippen molar-refractivity contribution in [2.45, 2.75) is 63.8 Å². The molecule has 0 bridgehead atoms. The van der Waals surface area contributed by atoms with Gasteiger partial charge in [-0.25, -0.2) is 0 Å². The molecule has 0 saturated carbocycles. The lowest BCUT2D eigenvalue weighted by Gasteiger charge is -2.36. The predicted octanol–water partition coefficient (Wildman–Crippen LogP) is 2.11. The second kappa shape index (κ2) is 8.37. The lowest BCUT2D eigenvalue weighted by molar-refractivity contribution is -0.140. The Morgan fingerprint density at radius 1 is 0.905 bits per heavy atom. The fourth-order valence-electron chi connectivity index (χ4n) is 3.47. The molecule has 0 aromatic heterocycles. The summed E-state index contributed by atoms with van der Waals surface area (Å²) in [4.78, 5) is 27.5. The second-order valence-corrected chi connectivity index (χ2v) is 6.37. The average Bonchev–Trinajstić information content (AvgIpc) is 2.40. The molecule has 5 nitrogen and oxygen atoms in total. The Hall–Kier alpha value is -1.10. The van der Waals surface area contributed by atoms with E-state index >= 15 is 0 Å². The lowest BCUT2D eigenvalue weighted by Crippen LogP contribution is -2.48. The van der Waals surface area contributed by atoms with Crippen LogP contribution in [0.4, 0.5) is 0 Å². The van der Waals surface area contributed by atoms with Gasteiger partial charge in [-0.3, -0.25) is 14.5 Å². The number of rotatable bonds is 4. The van der Waals surface area contributed by atoms with Crippen molar-refractivity contribution in [2.75, 3.05) is 26.2 Å². The van der Waals surface area contributed by atoms with Crippen LogP contribution in [0, 0.1) is 0 Å². The fraction of sp³-hybridized carbons (Fsp3) is 0.875. The van der Waals surface area contributed by atoms with Gasteiger partial charge in [0.05, 0.1) is 13.0 Å². The third kappa shape index (κ3) is 5.30. The number of carbonyl (C=O) groups excluding carboxylic acids is 1. The van der Waals surface area contributed by atoms with Crippen molar-refractivity contribution in [1.29, 1.82) is 0 Å². The van der Waals surface area contributed by atoms with Gasteiger partial charge in [0.1, 0.15) is 0 Å². The van der Waals surface area contributed by atoms with Crippen molar-refractivity contribution in [3.05, 3.63) is 0 Å². The third-order valence-corrected chi connectivity index (χ3v) is 4.71. The van der Waals surface area contributed by atoms with Crippen LogP contribution in [0.2, 0.25) is 0 Å². The van der Waals surface area contributed by atoms with E-state index in [0.29, 0.717) is 6.54 Å². The summed E-state index contributed by atoms with van der Waals surface area (Å²) in [5, 5.41) is 9.01. The van der Waals surface area contributed by atoms with Gasteiger partial charge in [0.2, 0.25) is 5.91 Å². The van der Waals surface area contributed by atoms with E-state index < -0.39 is 5.97 Å². The zero-order valence-corrected chi connectivity index (χ0v) is 12.9. The summed E-state index contributed by atoms with van der Waals surface area (Å²) >= 11 is 0. The zero-order valence-electron chi connectivity index (χ0n) is 12.9. The first-order chi connectivity index (χ1) is 10.2. The molecule has 2 heterocycles. The summed E-state index contributed by atoms with van der Waals surface area (Å²) in [5.41, 5.74) is 0. The maximum atomic E-state index is 12.5. The Labute approximate surface area is 127 Å². The van der Waals surface area contributed by atoms with Crippen LogP contribution in [-0.4, -0.2) is 59.0 Å². The van der Waals surface area contributed by atoms with E-state index in [1.165, 1.54) is 19.3 Å². The van der Waals surface area contributed by atoms with Crippen LogP contribution in [0.3, 0.4) is 0 Å². The van der Waals surface area contributed by atoms with Crippen LogP contribution in [0.25, 0.3) is 0 Å². The summed E-state index contributed by atoms with van der Waals surface area (Å²) in [6.45, 7) is 3.00. The van der Waals surface area contributed by atoms with E-state index in [0.717, 1.165) is 51.7 Å². The molecule has 1 atom stereocenters. The highest BCUT2D eigenvalue weighted by molar-refractivity contribution is 5.78. The van der Waals surface area contributed by atoms with E-state index in [2.05, 4.69) is 4.90 Å². The van der Waals surface area contributed by atoms with Crippen LogP contribution in [0.5, 0.6) is 0 Å². The molecule has 5 heteroatoms. The quantitative estimate of drug-likeness (QED) is 0.863. The Morgan fingerprint density at radius 3 is 2.19 bits per heavy atom. The Bertz CT molecular complexity index is 351. The molecule has 0 aromatic rings. The number of hydrogen-bond donors (Lipinski definition) is 1. The van der Waals surface area contributed by atoms with Gasteiger partial charge in [-0.05, 0) is 32.2 Å². The molecule has 1 unspecified atom stereocenters. The summed E-state index contributed by atoms with van der Waals surface area (Å²) in [5.74, 6) is -0.570. The number of piperidine rings is 1. The van der Waals surface area contributed by atoms with Crippen LogP contribution in [0.1, 0.15) is 57.8 Å². The largest absolute Gasteiger partial charge is 0.481 e. The molecule has 2 aliphatic rings. The van der Waals surface area contributed by atoms with Gasteiger partial charge in [0.15, 0.2) is 0 Å². The van der Waals surface area contributed by atoms with E-state index in [-0.39, 0.29) is 18.4 Å². The Kier molecular flexibility index (Phi) is 6.49. The second-order valence-electron chi connectivity index (χ2n) is 6.37. The fourth-order valence-corrected chi connectivity index (χ4v) is 3.47. The standard InChI is InChI=1S/C16H28N2O3/c19-15(17-9-5-2-1-3-6-10-17)13-18-11-7-4-8-14(18)12-16(20)21/h14H,1-13H2,(H,20,21). The molecule has 120 valence electrons. The van der Waals surface area contributed by atoms with Gasteiger partial charge in [-0.1, -0.05) is 25.7 Å². The number of aliphatic carboxylic acids is 1. The maximum absolute atomic E-state index is 12.5. The first kappa shape index (κ1) is 16.3. The zero-order chi connectivity index (χ0) is 15.1. The van der Waals surface area contributed by atoms with Crippen molar-refractivity contribution in [3.8, 4) is 0 Å². The molecular weight excluding hydrogens is 268 g/mol. The van der Waals surface area contributed by atoms with Crippen molar-refractivity contribution < 1.29 is 14.7 Å². The van der Waals surface area contributed by atoms with Crippen LogP contribution >= 0.6 is 0 Å². The van der Waals surface area contributed by atoms with E-state index in [1.54, 1.807) is 0 Å². The Morgan fingerprint density at radius 2 is 1.52 bits per heavy atom. The molecule has 2 rings (SSSR count). The number of carboxylic acids is 1. The highest BCUT2D eigenvalue weighted by Gasteiger charge is 2.27. The molecule has 1 N–H and O–H groups in total. The minimum absolute atomic E-state index is 0.0370. The van der Waals surface area contributed by atoms with Gasteiger partial charge in [-0.15, -0.1) is 0 Å². The summed E-state index contributed by atoms with van der Waals surface area (Å²) in [6.07, 6.45) is 9.14. The molecule has 2 fully saturated rings. The average molecular weight is 296 g/mol. The number of nitrogens with zero attached hydrogens (tertiary/aromatic N) is 2. The normalized spacial score (nSPS) is 25.1. The van der Waals surface area contributed by atoms with E-state index in [1.807, 2.05) is 4.90 Å². The van der Waals surface area contributed by atoms with Crippen LogP contribution < -0.4 is 0 Å². The molecule has 0 spiro atoms. The molecular formula is C16H28N2O3. The van der Waals surface area contributed by atoms with Gasteiger partial charge in [0.25, 0.3) is 0 Å². The highest BCUT2D eigenvalue weighted by Crippen LogP contribution is 2.20. The van der Waals surface area contributed by atoms with Crippen LogP contribution in [0.15, 0.2) is 0 Å². The van der Waals surface area contributed by atoms with Gasteiger partial charge in [-0.2, -0.15) is 0 Å². The van der Waals surface area contributed by atoms with Crippen molar-refractivity contribution in [2.24, 2.45) is 0 Å². The van der Waals surface area contributed by atoms with Gasteiger partial charge >= 0.3 is 5.97 Å². The number of carboxylic acid groups (broad SMARTS) is 1. The minimum Gasteiger partial charge on any atom is -0.481 e. The number of carbonyl (C=O) groups is 2. The van der Waals surface area contributed by atoms with Crippen molar-refractivity contribution >= 4 is 11.9 Å². The van der Waals surface area contributed by atoms with Crippen LogP contribution in [-0.2, 0) is 9.59 Å². The number of hydrogen-bond acceptors (Lipinski definition) is 3. The smallest absolute Gasteiger partial charge is 0.304 e. The van der Waals surface area contributed by atoms with E-state index in [9.17, 15) is 9.59 Å². The predicted molar refractivity (Wildman–Crippen MR) is 81.1 cm³/mol. The summed E-state index contributed by atoms with van der Waals surface area (Å²) < 4.78 is 0. The third-order valence-electron chi connectivity index (χ3n) is 4.71. The maximum Gasteiger partial charge on any atom is 0.304 e. The monoisotopic (exact) mass is 296 g/mol. The first-order valence-electron chi connectivity index (χ1n) is 8.40. The highest BCUT2D eigenvalue weighted by atomic mass is 16.4. The van der Waals surface area contributed by atoms with Gasteiger partial charge in [0, 0.05) is 19.1 Å². The molecule has 0 aromatic carbocycles. The molecule has 2 saturated heterocycles. The topological polar surface area (TPSA) is 60.9 Å². The van der Waals surface area contributed by atoms with Gasteiger partial charge < -0.3 is 10.0 Å². The molecule has 1 amide bonds. The molecule has 0 radical (unpaired) electrons. The number of likely N-dealkylation sites (tertiary alicyclic amines) is 2. The number of amides is 1. The lowest BCUT2D eigenvalue weighted by atomic mass is 9.99.